The lowest BCUT2D eigenvalue weighted by molar-refractivity contribution is 0.537. The average molecular weight is 276 g/mol. The minimum absolute atomic E-state index is 0.199. The number of pyridine rings is 1. The van der Waals surface area contributed by atoms with Crippen molar-refractivity contribution in [3.63, 3.8) is 0 Å². The van der Waals surface area contributed by atoms with E-state index in [1.807, 2.05) is 6.07 Å². The molecule has 1 saturated heterocycles. The molecule has 98 valence electrons. The maximum Gasteiger partial charge on any atom is 0.160 e. The number of nitrogens with zero attached hydrogens (tertiary/aromatic N) is 4. The van der Waals surface area contributed by atoms with Crippen molar-refractivity contribution < 1.29 is 8.42 Å². The fourth-order valence-electron chi connectivity index (χ4n) is 2.44. The van der Waals surface area contributed by atoms with Crippen LogP contribution >= 0.6 is 0 Å². The third kappa shape index (κ3) is 1.98. The lowest BCUT2D eigenvalue weighted by Crippen LogP contribution is -2.23. The Morgan fingerprint density at radius 2 is 2.16 bits per heavy atom. The molecule has 2 aromatic rings. The number of hydrogen-bond donors (Lipinski definition) is 0. The standard InChI is InChI=1S/C12H12N4O2S/c13-7-9-4-5-11-14-15-12(16(11)8-9)10-3-1-2-6-19(10,17)18/h4-5,8,10H,1-3,6H2. The van der Waals surface area contributed by atoms with Crippen molar-refractivity contribution in [1.82, 2.24) is 14.6 Å². The summed E-state index contributed by atoms with van der Waals surface area (Å²) in [5.74, 6) is 0.622. The molecule has 0 aromatic carbocycles. The van der Waals surface area contributed by atoms with Gasteiger partial charge in [0.1, 0.15) is 11.3 Å². The van der Waals surface area contributed by atoms with Crippen LogP contribution in [0.15, 0.2) is 18.3 Å². The summed E-state index contributed by atoms with van der Waals surface area (Å²) in [6.45, 7) is 0. The minimum atomic E-state index is -3.16. The highest BCUT2D eigenvalue weighted by Gasteiger charge is 2.33. The molecule has 7 heteroatoms. The number of aromatic nitrogens is 3. The van der Waals surface area contributed by atoms with E-state index in [1.54, 1.807) is 22.7 Å². The summed E-state index contributed by atoms with van der Waals surface area (Å²) in [5, 5.41) is 16.3. The zero-order valence-corrected chi connectivity index (χ0v) is 11.0. The summed E-state index contributed by atoms with van der Waals surface area (Å²) < 4.78 is 25.9. The van der Waals surface area contributed by atoms with E-state index in [-0.39, 0.29) is 5.75 Å². The van der Waals surface area contributed by atoms with Gasteiger partial charge in [-0.15, -0.1) is 10.2 Å². The molecule has 1 aliphatic heterocycles. The lowest BCUT2D eigenvalue weighted by Gasteiger charge is -2.20. The van der Waals surface area contributed by atoms with Crippen molar-refractivity contribution in [2.75, 3.05) is 5.75 Å². The van der Waals surface area contributed by atoms with Crippen LogP contribution in [-0.4, -0.2) is 28.8 Å². The second-order valence-corrected chi connectivity index (χ2v) is 6.97. The molecule has 2 aromatic heterocycles. The number of nitriles is 1. The average Bonchev–Trinajstić information content (AvgIpc) is 2.81. The summed E-state index contributed by atoms with van der Waals surface area (Å²) in [6.07, 6.45) is 3.74. The summed E-state index contributed by atoms with van der Waals surface area (Å²) in [7, 11) is -3.16. The maximum atomic E-state index is 12.1. The molecule has 1 atom stereocenters. The molecule has 0 amide bonds. The normalized spacial score (nSPS) is 22.2. The monoisotopic (exact) mass is 276 g/mol. The van der Waals surface area contributed by atoms with Crippen molar-refractivity contribution >= 4 is 15.5 Å². The Morgan fingerprint density at radius 3 is 2.89 bits per heavy atom. The predicted octanol–water partition coefficient (Wildman–Crippen LogP) is 1.24. The Morgan fingerprint density at radius 1 is 1.32 bits per heavy atom. The largest absolute Gasteiger partial charge is 0.284 e. The molecule has 0 aliphatic carbocycles. The molecule has 0 spiro atoms. The Labute approximate surface area is 110 Å². The van der Waals surface area contributed by atoms with Gasteiger partial charge in [-0.3, -0.25) is 4.40 Å². The third-order valence-corrected chi connectivity index (χ3v) is 5.60. The molecular formula is C12H12N4O2S. The first kappa shape index (κ1) is 12.1. The Bertz CT molecular complexity index is 773. The highest BCUT2D eigenvalue weighted by Crippen LogP contribution is 2.32. The van der Waals surface area contributed by atoms with Crippen LogP contribution in [0.25, 0.3) is 5.65 Å². The van der Waals surface area contributed by atoms with Crippen LogP contribution in [0.2, 0.25) is 0 Å². The molecule has 1 aliphatic rings. The molecule has 6 nitrogen and oxygen atoms in total. The molecule has 0 bridgehead atoms. The van der Waals surface area contributed by atoms with Gasteiger partial charge in [-0.25, -0.2) is 8.42 Å². The van der Waals surface area contributed by atoms with Gasteiger partial charge < -0.3 is 0 Å². The van der Waals surface area contributed by atoms with E-state index in [9.17, 15) is 8.42 Å². The van der Waals surface area contributed by atoms with Crippen LogP contribution in [0.5, 0.6) is 0 Å². The van der Waals surface area contributed by atoms with Gasteiger partial charge in [0.25, 0.3) is 0 Å². The van der Waals surface area contributed by atoms with E-state index >= 15 is 0 Å². The van der Waals surface area contributed by atoms with E-state index in [0.717, 1.165) is 6.42 Å². The van der Waals surface area contributed by atoms with Gasteiger partial charge in [0, 0.05) is 6.20 Å². The number of hydrogen-bond acceptors (Lipinski definition) is 5. The molecule has 1 unspecified atom stereocenters. The quantitative estimate of drug-likeness (QED) is 0.782. The second kappa shape index (κ2) is 4.31. The van der Waals surface area contributed by atoms with Gasteiger partial charge in [-0.1, -0.05) is 6.42 Å². The number of sulfone groups is 1. The van der Waals surface area contributed by atoms with Crippen molar-refractivity contribution in [3.05, 3.63) is 29.7 Å². The summed E-state index contributed by atoms with van der Waals surface area (Å²) in [6, 6.07) is 5.35. The SMILES string of the molecule is N#Cc1ccc2nnc(C3CCCCS3(=O)=O)n2c1. The smallest absolute Gasteiger partial charge is 0.160 e. The molecule has 3 rings (SSSR count). The third-order valence-electron chi connectivity index (χ3n) is 3.42. The summed E-state index contributed by atoms with van der Waals surface area (Å²) >= 11 is 0. The lowest BCUT2D eigenvalue weighted by atomic mass is 10.2. The molecule has 3 heterocycles. The van der Waals surface area contributed by atoms with Crippen LogP contribution in [0, 0.1) is 11.3 Å². The zero-order chi connectivity index (χ0) is 13.5. The molecule has 1 fully saturated rings. The first-order valence-electron chi connectivity index (χ1n) is 6.08. The summed E-state index contributed by atoms with van der Waals surface area (Å²) in [5.41, 5.74) is 1.02. The molecule has 0 N–H and O–H groups in total. The van der Waals surface area contributed by atoms with Crippen LogP contribution in [0.3, 0.4) is 0 Å². The van der Waals surface area contributed by atoms with Crippen LogP contribution < -0.4 is 0 Å². The van der Waals surface area contributed by atoms with Crippen LogP contribution in [-0.2, 0) is 9.84 Å². The van der Waals surface area contributed by atoms with Crippen molar-refractivity contribution in [3.8, 4) is 6.07 Å². The van der Waals surface area contributed by atoms with Gasteiger partial charge in [0.2, 0.25) is 0 Å². The topological polar surface area (TPSA) is 88.1 Å². The Hall–Kier alpha value is -1.94. The van der Waals surface area contributed by atoms with E-state index < -0.39 is 15.1 Å². The van der Waals surface area contributed by atoms with Crippen LogP contribution in [0.4, 0.5) is 0 Å². The Balaban J connectivity index is 2.17. The van der Waals surface area contributed by atoms with Gasteiger partial charge in [-0.05, 0) is 25.0 Å². The first-order chi connectivity index (χ1) is 9.12. The number of rotatable bonds is 1. The van der Waals surface area contributed by atoms with Crippen molar-refractivity contribution in [2.45, 2.75) is 24.5 Å². The Kier molecular flexibility index (Phi) is 2.75. The second-order valence-electron chi connectivity index (χ2n) is 4.67. The fraction of sp³-hybridized carbons (Fsp3) is 0.417. The maximum absolute atomic E-state index is 12.1. The van der Waals surface area contributed by atoms with E-state index in [4.69, 9.17) is 5.26 Å². The van der Waals surface area contributed by atoms with Gasteiger partial charge in [0.15, 0.2) is 21.3 Å². The molecule has 19 heavy (non-hydrogen) atoms. The van der Waals surface area contributed by atoms with E-state index in [2.05, 4.69) is 10.2 Å². The minimum Gasteiger partial charge on any atom is -0.284 e. The highest BCUT2D eigenvalue weighted by atomic mass is 32.2. The number of fused-ring (bicyclic) bond motifs is 1. The molecule has 0 saturated carbocycles. The van der Waals surface area contributed by atoms with E-state index in [1.165, 1.54) is 0 Å². The van der Waals surface area contributed by atoms with E-state index in [0.29, 0.717) is 29.9 Å². The van der Waals surface area contributed by atoms with Crippen LogP contribution in [0.1, 0.15) is 35.9 Å². The van der Waals surface area contributed by atoms with Gasteiger partial charge >= 0.3 is 0 Å². The zero-order valence-electron chi connectivity index (χ0n) is 10.2. The summed E-state index contributed by atoms with van der Waals surface area (Å²) in [4.78, 5) is 0. The van der Waals surface area contributed by atoms with Gasteiger partial charge in [0.05, 0.1) is 11.3 Å². The molecular weight excluding hydrogens is 264 g/mol. The van der Waals surface area contributed by atoms with Crippen molar-refractivity contribution in [2.24, 2.45) is 0 Å². The predicted molar refractivity (Wildman–Crippen MR) is 68.1 cm³/mol. The highest BCUT2D eigenvalue weighted by molar-refractivity contribution is 7.91. The molecule has 0 radical (unpaired) electrons. The van der Waals surface area contributed by atoms with Gasteiger partial charge in [-0.2, -0.15) is 5.26 Å². The first-order valence-corrected chi connectivity index (χ1v) is 7.80. The van der Waals surface area contributed by atoms with Crippen molar-refractivity contribution in [1.29, 1.82) is 5.26 Å². The fourth-order valence-corrected chi connectivity index (χ4v) is 4.34.